The van der Waals surface area contributed by atoms with E-state index in [2.05, 4.69) is 30.5 Å². The van der Waals surface area contributed by atoms with Crippen molar-refractivity contribution in [2.24, 2.45) is 7.05 Å². The Hall–Kier alpha value is -3.82. The largest absolute Gasteiger partial charge is 0.466 e. The number of hydrogen-bond donors (Lipinski definition) is 1. The summed E-state index contributed by atoms with van der Waals surface area (Å²) in [6.45, 7) is 9.29. The molecule has 0 saturated heterocycles. The lowest BCUT2D eigenvalue weighted by Crippen LogP contribution is -2.22. The minimum atomic E-state index is -0.345. The van der Waals surface area contributed by atoms with Crippen LogP contribution in [0.25, 0.3) is 17.0 Å². The molecule has 0 aliphatic carbocycles. The number of rotatable bonds is 5. The maximum absolute atomic E-state index is 12.6. The summed E-state index contributed by atoms with van der Waals surface area (Å²) < 4.78 is 8.91. The summed E-state index contributed by atoms with van der Waals surface area (Å²) >= 11 is 0. The van der Waals surface area contributed by atoms with Crippen LogP contribution in [0, 0.1) is 34.6 Å². The average Bonchev–Trinajstić information content (AvgIpc) is 3.19. The summed E-state index contributed by atoms with van der Waals surface area (Å²) in [4.78, 5) is 26.0. The van der Waals surface area contributed by atoms with Crippen LogP contribution in [-0.2, 0) is 11.8 Å². The Kier molecular flexibility index (Phi) is 5.14. The number of fused-ring (bicyclic) bond motifs is 1. The van der Waals surface area contributed by atoms with Gasteiger partial charge in [0.25, 0.3) is 11.9 Å². The fourth-order valence-corrected chi connectivity index (χ4v) is 3.51. The van der Waals surface area contributed by atoms with E-state index in [1.807, 2.05) is 46.8 Å². The predicted molar refractivity (Wildman–Crippen MR) is 115 cm³/mol. The van der Waals surface area contributed by atoms with Gasteiger partial charge in [0.2, 0.25) is 5.88 Å². The standard InChI is InChI=1S/C21H24N8O2/c1-11-7-12(2)22-19-18(11)20(27-28(19)6)31-10-17(30)25-16-9-15(5)26-29(16)21-23-13(3)8-14(4)24-21/h7-9H,10H2,1-6H3,(H,25,30). The smallest absolute Gasteiger partial charge is 0.263 e. The highest BCUT2D eigenvalue weighted by atomic mass is 16.5. The van der Waals surface area contributed by atoms with Crippen LogP contribution >= 0.6 is 0 Å². The van der Waals surface area contributed by atoms with Gasteiger partial charge in [-0.25, -0.2) is 19.6 Å². The molecule has 0 fully saturated rings. The first-order chi connectivity index (χ1) is 14.7. The molecule has 4 heterocycles. The van der Waals surface area contributed by atoms with Crippen molar-refractivity contribution in [3.8, 4) is 11.8 Å². The molecule has 0 unspecified atom stereocenters. The zero-order valence-corrected chi connectivity index (χ0v) is 18.4. The van der Waals surface area contributed by atoms with Gasteiger partial charge in [-0.2, -0.15) is 9.78 Å². The first-order valence-corrected chi connectivity index (χ1v) is 9.84. The number of nitrogens with zero attached hydrogens (tertiary/aromatic N) is 7. The van der Waals surface area contributed by atoms with Crippen LogP contribution in [0.2, 0.25) is 0 Å². The van der Waals surface area contributed by atoms with Gasteiger partial charge in [-0.3, -0.25) is 4.79 Å². The number of amides is 1. The van der Waals surface area contributed by atoms with Gasteiger partial charge in [-0.15, -0.1) is 5.10 Å². The van der Waals surface area contributed by atoms with Crippen molar-refractivity contribution < 1.29 is 9.53 Å². The lowest BCUT2D eigenvalue weighted by atomic mass is 10.2. The second kappa shape index (κ2) is 7.78. The molecule has 160 valence electrons. The summed E-state index contributed by atoms with van der Waals surface area (Å²) in [5.74, 6) is 0.895. The topological polar surface area (TPSA) is 113 Å². The van der Waals surface area contributed by atoms with Gasteiger partial charge in [0.15, 0.2) is 12.3 Å². The highest BCUT2D eigenvalue weighted by Gasteiger charge is 2.17. The van der Waals surface area contributed by atoms with Crippen molar-refractivity contribution in [1.82, 2.24) is 34.5 Å². The fourth-order valence-electron chi connectivity index (χ4n) is 3.51. The number of carbonyl (C=O) groups is 1. The third-order valence-electron chi connectivity index (χ3n) is 4.69. The van der Waals surface area contributed by atoms with E-state index in [0.717, 1.165) is 33.7 Å². The maximum atomic E-state index is 12.6. The zero-order valence-electron chi connectivity index (χ0n) is 18.4. The Bertz CT molecular complexity index is 1280. The summed E-state index contributed by atoms with van der Waals surface area (Å²) in [5, 5.41) is 12.4. The number of nitrogens with one attached hydrogen (secondary N) is 1. The number of anilines is 1. The lowest BCUT2D eigenvalue weighted by Gasteiger charge is -2.09. The third kappa shape index (κ3) is 4.09. The molecule has 1 N–H and O–H groups in total. The molecule has 0 spiro atoms. The molecule has 4 aromatic rings. The van der Waals surface area contributed by atoms with Crippen molar-refractivity contribution in [3.05, 3.63) is 46.5 Å². The van der Waals surface area contributed by atoms with Crippen molar-refractivity contribution in [1.29, 1.82) is 0 Å². The molecule has 0 aliphatic rings. The number of pyridine rings is 1. The molecule has 0 bridgehead atoms. The van der Waals surface area contributed by atoms with E-state index in [1.165, 1.54) is 4.68 Å². The zero-order chi connectivity index (χ0) is 22.3. The van der Waals surface area contributed by atoms with E-state index in [9.17, 15) is 4.79 Å². The van der Waals surface area contributed by atoms with Crippen LogP contribution in [0.3, 0.4) is 0 Å². The number of ether oxygens (including phenoxy) is 1. The predicted octanol–water partition coefficient (Wildman–Crippen LogP) is 2.50. The molecule has 10 heteroatoms. The van der Waals surface area contributed by atoms with Crippen LogP contribution in [0.5, 0.6) is 5.88 Å². The van der Waals surface area contributed by atoms with Gasteiger partial charge in [-0.1, -0.05) is 0 Å². The quantitative estimate of drug-likeness (QED) is 0.528. The Labute approximate surface area is 179 Å². The molecule has 0 aliphatic heterocycles. The van der Waals surface area contributed by atoms with Crippen LogP contribution in [-0.4, -0.2) is 47.0 Å². The van der Waals surface area contributed by atoms with Gasteiger partial charge in [0.1, 0.15) is 5.82 Å². The highest BCUT2D eigenvalue weighted by Crippen LogP contribution is 2.27. The minimum Gasteiger partial charge on any atom is -0.466 e. The van der Waals surface area contributed by atoms with E-state index in [4.69, 9.17) is 4.74 Å². The molecule has 0 saturated carbocycles. The number of aromatic nitrogens is 7. The summed E-state index contributed by atoms with van der Waals surface area (Å²) in [6, 6.07) is 5.59. The van der Waals surface area contributed by atoms with Crippen molar-refractivity contribution in [2.45, 2.75) is 34.6 Å². The monoisotopic (exact) mass is 420 g/mol. The van der Waals surface area contributed by atoms with Crippen molar-refractivity contribution >= 4 is 22.8 Å². The molecule has 0 aromatic carbocycles. The highest BCUT2D eigenvalue weighted by molar-refractivity contribution is 5.92. The van der Waals surface area contributed by atoms with Crippen molar-refractivity contribution in [3.63, 3.8) is 0 Å². The van der Waals surface area contributed by atoms with Crippen LogP contribution in [0.15, 0.2) is 18.2 Å². The minimum absolute atomic E-state index is 0.211. The Morgan fingerprint density at radius 3 is 2.32 bits per heavy atom. The second-order valence-corrected chi connectivity index (χ2v) is 7.58. The molecular weight excluding hydrogens is 396 g/mol. The average molecular weight is 420 g/mol. The van der Waals surface area contributed by atoms with E-state index < -0.39 is 0 Å². The lowest BCUT2D eigenvalue weighted by molar-refractivity contribution is -0.118. The number of aryl methyl sites for hydroxylation is 6. The van der Waals surface area contributed by atoms with Gasteiger partial charge in [-0.05, 0) is 52.3 Å². The fraction of sp³-hybridized carbons (Fsp3) is 0.333. The second-order valence-electron chi connectivity index (χ2n) is 7.58. The van der Waals surface area contributed by atoms with Crippen LogP contribution < -0.4 is 10.1 Å². The van der Waals surface area contributed by atoms with E-state index >= 15 is 0 Å². The first-order valence-electron chi connectivity index (χ1n) is 9.84. The van der Waals surface area contributed by atoms with E-state index in [0.29, 0.717) is 23.3 Å². The third-order valence-corrected chi connectivity index (χ3v) is 4.69. The van der Waals surface area contributed by atoms with Gasteiger partial charge in [0, 0.05) is 30.2 Å². The first kappa shape index (κ1) is 20.5. The van der Waals surface area contributed by atoms with Gasteiger partial charge < -0.3 is 10.1 Å². The summed E-state index contributed by atoms with van der Waals surface area (Å²) in [6.07, 6.45) is 0. The number of carbonyl (C=O) groups excluding carboxylic acids is 1. The summed E-state index contributed by atoms with van der Waals surface area (Å²) in [5.41, 5.74) is 4.97. The van der Waals surface area contributed by atoms with Crippen LogP contribution in [0.1, 0.15) is 28.3 Å². The van der Waals surface area contributed by atoms with Gasteiger partial charge >= 0.3 is 0 Å². The van der Waals surface area contributed by atoms with Gasteiger partial charge in [0.05, 0.1) is 11.1 Å². The Morgan fingerprint density at radius 2 is 1.61 bits per heavy atom. The molecule has 4 aromatic heterocycles. The molecule has 0 radical (unpaired) electrons. The molecular formula is C21H24N8O2. The van der Waals surface area contributed by atoms with Crippen molar-refractivity contribution in [2.75, 3.05) is 11.9 Å². The molecule has 31 heavy (non-hydrogen) atoms. The Morgan fingerprint density at radius 1 is 0.935 bits per heavy atom. The Balaban J connectivity index is 1.54. The van der Waals surface area contributed by atoms with E-state index in [-0.39, 0.29) is 12.5 Å². The maximum Gasteiger partial charge on any atom is 0.263 e. The van der Waals surface area contributed by atoms with E-state index in [1.54, 1.807) is 17.8 Å². The molecule has 4 rings (SSSR count). The summed E-state index contributed by atoms with van der Waals surface area (Å²) in [7, 11) is 1.80. The van der Waals surface area contributed by atoms with Crippen LogP contribution in [0.4, 0.5) is 5.82 Å². The SMILES string of the molecule is Cc1cc(C)nc(-n2nc(C)cc2NC(=O)COc2nn(C)c3nc(C)cc(C)c23)n1. The molecule has 1 amide bonds. The molecule has 0 atom stereocenters. The normalized spacial score (nSPS) is 11.2. The molecule has 10 nitrogen and oxygen atoms in total. The number of hydrogen-bond acceptors (Lipinski definition) is 7.